The summed E-state index contributed by atoms with van der Waals surface area (Å²) < 4.78 is 5.26. The molecule has 1 amide bonds. The van der Waals surface area contributed by atoms with Gasteiger partial charge < -0.3 is 9.64 Å². The third-order valence-electron chi connectivity index (χ3n) is 2.76. The van der Waals surface area contributed by atoms with E-state index in [-0.39, 0.29) is 25.0 Å². The molecule has 1 atom stereocenters. The van der Waals surface area contributed by atoms with Crippen molar-refractivity contribution >= 4 is 11.6 Å². The molecule has 0 radical (unpaired) electrons. The van der Waals surface area contributed by atoms with Gasteiger partial charge in [0.25, 0.3) is 5.91 Å². The molecule has 2 rings (SSSR count). The summed E-state index contributed by atoms with van der Waals surface area (Å²) in [6.07, 6.45) is 0.0170. The molecule has 0 aliphatic carbocycles. The lowest BCUT2D eigenvalue weighted by molar-refractivity contribution is -0.129. The summed E-state index contributed by atoms with van der Waals surface area (Å²) in [5.41, 5.74) is 1.28. The number of nitriles is 2. The number of morpholine rings is 1. The van der Waals surface area contributed by atoms with Gasteiger partial charge in [-0.25, -0.2) is 0 Å². The van der Waals surface area contributed by atoms with Gasteiger partial charge in [0.2, 0.25) is 0 Å². The molecule has 18 heavy (non-hydrogen) atoms. The molecule has 1 aromatic carbocycles. The largest absolute Gasteiger partial charge is 0.365 e. The Kier molecular flexibility index (Phi) is 3.57. The van der Waals surface area contributed by atoms with Gasteiger partial charge in [-0.05, 0) is 24.3 Å². The van der Waals surface area contributed by atoms with Crippen LogP contribution in [0.5, 0.6) is 0 Å². The molecule has 0 saturated carbocycles. The van der Waals surface area contributed by atoms with Crippen LogP contribution in [0.25, 0.3) is 0 Å². The summed E-state index contributed by atoms with van der Waals surface area (Å²) in [5, 5.41) is 17.4. The lowest BCUT2D eigenvalue weighted by atomic mass is 10.1. The molecule has 90 valence electrons. The number of ether oxygens (including phenoxy) is 1. The van der Waals surface area contributed by atoms with E-state index in [1.54, 1.807) is 29.2 Å². The van der Waals surface area contributed by atoms with Gasteiger partial charge in [-0.1, -0.05) is 0 Å². The van der Waals surface area contributed by atoms with Gasteiger partial charge >= 0.3 is 0 Å². The van der Waals surface area contributed by atoms with Gasteiger partial charge in [0, 0.05) is 5.69 Å². The molecule has 1 aliphatic heterocycles. The highest BCUT2D eigenvalue weighted by Gasteiger charge is 2.27. The highest BCUT2D eigenvalue weighted by molar-refractivity contribution is 5.95. The van der Waals surface area contributed by atoms with Crippen LogP contribution >= 0.6 is 0 Å². The first-order valence-corrected chi connectivity index (χ1v) is 5.53. The van der Waals surface area contributed by atoms with E-state index in [9.17, 15) is 4.79 Å². The Morgan fingerprint density at radius 2 is 2.06 bits per heavy atom. The minimum atomic E-state index is -0.247. The van der Waals surface area contributed by atoms with Crippen molar-refractivity contribution in [3.05, 3.63) is 29.8 Å². The van der Waals surface area contributed by atoms with Crippen molar-refractivity contribution in [2.75, 3.05) is 18.1 Å². The first-order chi connectivity index (χ1) is 8.74. The van der Waals surface area contributed by atoms with E-state index in [0.29, 0.717) is 12.1 Å². The minimum absolute atomic E-state index is 0.00759. The monoisotopic (exact) mass is 241 g/mol. The summed E-state index contributed by atoms with van der Waals surface area (Å²) in [4.78, 5) is 13.3. The lowest BCUT2D eigenvalue weighted by Gasteiger charge is -2.31. The number of nitrogens with zero attached hydrogens (tertiary/aromatic N) is 3. The zero-order chi connectivity index (χ0) is 13.0. The fourth-order valence-corrected chi connectivity index (χ4v) is 1.82. The summed E-state index contributed by atoms with van der Waals surface area (Å²) in [7, 11) is 0. The third-order valence-corrected chi connectivity index (χ3v) is 2.76. The maximum atomic E-state index is 11.8. The van der Waals surface area contributed by atoms with Crippen LogP contribution in [0, 0.1) is 22.7 Å². The Bertz CT molecular complexity index is 525. The van der Waals surface area contributed by atoms with E-state index in [4.69, 9.17) is 15.3 Å². The quantitative estimate of drug-likeness (QED) is 0.779. The number of rotatable bonds is 2. The van der Waals surface area contributed by atoms with Gasteiger partial charge in [0.15, 0.2) is 0 Å². The van der Waals surface area contributed by atoms with Crippen molar-refractivity contribution in [2.24, 2.45) is 0 Å². The molecule has 1 aromatic rings. The van der Waals surface area contributed by atoms with E-state index in [2.05, 4.69) is 0 Å². The maximum absolute atomic E-state index is 11.8. The number of hydrogen-bond donors (Lipinski definition) is 0. The summed E-state index contributed by atoms with van der Waals surface area (Å²) in [5.74, 6) is -0.131. The van der Waals surface area contributed by atoms with Gasteiger partial charge in [-0.15, -0.1) is 0 Å². The summed E-state index contributed by atoms with van der Waals surface area (Å²) >= 11 is 0. The Labute approximate surface area is 105 Å². The van der Waals surface area contributed by atoms with Crippen molar-refractivity contribution in [1.29, 1.82) is 10.5 Å². The van der Waals surface area contributed by atoms with Crippen LogP contribution in [0.15, 0.2) is 24.3 Å². The molecule has 1 saturated heterocycles. The van der Waals surface area contributed by atoms with Crippen LogP contribution < -0.4 is 4.90 Å². The Hall–Kier alpha value is -2.37. The van der Waals surface area contributed by atoms with Crippen molar-refractivity contribution < 1.29 is 9.53 Å². The maximum Gasteiger partial charge on any atom is 0.253 e. The first kappa shape index (κ1) is 12.1. The van der Waals surface area contributed by atoms with Gasteiger partial charge in [-0.2, -0.15) is 10.5 Å². The van der Waals surface area contributed by atoms with Crippen molar-refractivity contribution in [2.45, 2.75) is 12.5 Å². The Morgan fingerprint density at radius 3 is 2.67 bits per heavy atom. The average molecular weight is 241 g/mol. The van der Waals surface area contributed by atoms with Gasteiger partial charge in [0.1, 0.15) is 6.61 Å². The molecule has 0 bridgehead atoms. The molecule has 1 heterocycles. The number of carbonyl (C=O) groups excluding carboxylic acids is 1. The van der Waals surface area contributed by atoms with Crippen molar-refractivity contribution in [3.63, 3.8) is 0 Å². The van der Waals surface area contributed by atoms with E-state index in [1.807, 2.05) is 12.1 Å². The third kappa shape index (κ3) is 2.48. The van der Waals surface area contributed by atoms with Crippen LogP contribution in [0.4, 0.5) is 5.69 Å². The summed E-state index contributed by atoms with van der Waals surface area (Å²) in [6.45, 7) is 0.366. The molecule has 0 aromatic heterocycles. The molecule has 5 nitrogen and oxygen atoms in total. The molecule has 1 aliphatic rings. The highest BCUT2D eigenvalue weighted by atomic mass is 16.5. The zero-order valence-electron chi connectivity index (χ0n) is 9.67. The molecule has 5 heteroatoms. The predicted octanol–water partition coefficient (Wildman–Crippen LogP) is 1.20. The minimum Gasteiger partial charge on any atom is -0.365 e. The second kappa shape index (κ2) is 5.31. The standard InChI is InChI=1S/C13H11N3O2/c14-6-5-12-8-16(13(17)9-18-12)11-3-1-10(7-15)2-4-11/h1-4,12H,5,8-9H2. The van der Waals surface area contributed by atoms with Crippen molar-refractivity contribution in [1.82, 2.24) is 0 Å². The number of carbonyl (C=O) groups is 1. The van der Waals surface area contributed by atoms with Crippen molar-refractivity contribution in [3.8, 4) is 12.1 Å². The van der Waals surface area contributed by atoms with Crippen LogP contribution in [0.2, 0.25) is 0 Å². The first-order valence-electron chi connectivity index (χ1n) is 5.53. The van der Waals surface area contributed by atoms with Gasteiger partial charge in [0.05, 0.1) is 36.8 Å². The van der Waals surface area contributed by atoms with Gasteiger partial charge in [-0.3, -0.25) is 4.79 Å². The van der Waals surface area contributed by atoms with Crippen LogP contribution in [-0.2, 0) is 9.53 Å². The lowest BCUT2D eigenvalue weighted by Crippen LogP contribution is -2.46. The molecular weight excluding hydrogens is 230 g/mol. The topological polar surface area (TPSA) is 77.1 Å². The average Bonchev–Trinajstić information content (AvgIpc) is 2.41. The Balaban J connectivity index is 2.17. The van der Waals surface area contributed by atoms with Crippen LogP contribution in [-0.4, -0.2) is 25.2 Å². The number of anilines is 1. The molecule has 0 spiro atoms. The zero-order valence-corrected chi connectivity index (χ0v) is 9.67. The molecule has 1 unspecified atom stereocenters. The van der Waals surface area contributed by atoms with E-state index < -0.39 is 0 Å². The van der Waals surface area contributed by atoms with E-state index in [1.165, 1.54) is 0 Å². The van der Waals surface area contributed by atoms with Crippen LogP contribution in [0.1, 0.15) is 12.0 Å². The van der Waals surface area contributed by atoms with Crippen LogP contribution in [0.3, 0.4) is 0 Å². The molecule has 0 N–H and O–H groups in total. The predicted molar refractivity (Wildman–Crippen MR) is 63.5 cm³/mol. The number of amides is 1. The fourth-order valence-electron chi connectivity index (χ4n) is 1.82. The number of benzene rings is 1. The Morgan fingerprint density at radius 1 is 1.33 bits per heavy atom. The second-order valence-corrected chi connectivity index (χ2v) is 3.96. The van der Waals surface area contributed by atoms with E-state index >= 15 is 0 Å². The molecule has 1 fully saturated rings. The van der Waals surface area contributed by atoms with E-state index in [0.717, 1.165) is 5.69 Å². The second-order valence-electron chi connectivity index (χ2n) is 3.96. The highest BCUT2D eigenvalue weighted by Crippen LogP contribution is 2.20. The normalized spacial score (nSPS) is 19.1. The summed E-state index contributed by atoms with van der Waals surface area (Å²) in [6, 6.07) is 10.8. The fraction of sp³-hybridized carbons (Fsp3) is 0.308. The molecular formula is C13H11N3O2. The SMILES string of the molecule is N#CCC1CN(c2ccc(C#N)cc2)C(=O)CO1. The smallest absolute Gasteiger partial charge is 0.253 e. The number of hydrogen-bond acceptors (Lipinski definition) is 4.